The monoisotopic (exact) mass is 368 g/mol. The zero-order chi connectivity index (χ0) is 17.9. The van der Waals surface area contributed by atoms with E-state index in [1.165, 1.54) is 55.7 Å². The molecule has 0 saturated heterocycles. The maximum Gasteiger partial charge on any atom is 0.0810 e. The fraction of sp³-hybridized carbons (Fsp3) is 0.304. The summed E-state index contributed by atoms with van der Waals surface area (Å²) in [4.78, 5) is 0. The second-order valence-electron chi connectivity index (χ2n) is 7.39. The van der Waals surface area contributed by atoms with Gasteiger partial charge in [-0.2, -0.15) is 0 Å². The molecule has 2 aliphatic rings. The molecule has 0 spiro atoms. The van der Waals surface area contributed by atoms with Crippen molar-refractivity contribution >= 4 is 35.4 Å². The van der Waals surface area contributed by atoms with Gasteiger partial charge in [0.1, 0.15) is 0 Å². The molecule has 2 unspecified atom stereocenters. The van der Waals surface area contributed by atoms with Crippen molar-refractivity contribution in [2.75, 3.05) is 0 Å². The van der Waals surface area contributed by atoms with E-state index in [9.17, 15) is 0 Å². The van der Waals surface area contributed by atoms with E-state index in [1.54, 1.807) is 0 Å². The van der Waals surface area contributed by atoms with Gasteiger partial charge in [0.05, 0.1) is 10.8 Å². The molecule has 4 rings (SSSR count). The van der Waals surface area contributed by atoms with Crippen LogP contribution in [-0.4, -0.2) is 0 Å². The van der Waals surface area contributed by atoms with Gasteiger partial charge in [0.2, 0.25) is 0 Å². The highest BCUT2D eigenvalue weighted by Crippen LogP contribution is 2.50. The Morgan fingerprint density at radius 2 is 1.00 bits per heavy atom. The summed E-state index contributed by atoms with van der Waals surface area (Å²) in [5, 5.41) is -0.101. The molecule has 2 heteroatoms. The van der Waals surface area contributed by atoms with Crippen LogP contribution in [-0.2, 0) is 0 Å². The molecule has 0 saturated carbocycles. The van der Waals surface area contributed by atoms with Crippen LogP contribution in [0.15, 0.2) is 35.4 Å². The van der Waals surface area contributed by atoms with E-state index < -0.39 is 0 Å². The molecular formula is C23H22Cl2. The van der Waals surface area contributed by atoms with Crippen LogP contribution in [0.5, 0.6) is 0 Å². The van der Waals surface area contributed by atoms with Crippen LogP contribution in [0, 0.1) is 27.7 Å². The van der Waals surface area contributed by atoms with Crippen molar-refractivity contribution in [2.24, 2.45) is 0 Å². The third kappa shape index (κ3) is 2.58. The minimum atomic E-state index is -0.0504. The molecule has 2 aliphatic carbocycles. The van der Waals surface area contributed by atoms with Crippen LogP contribution in [0.1, 0.15) is 61.7 Å². The van der Waals surface area contributed by atoms with Crippen molar-refractivity contribution in [1.82, 2.24) is 0 Å². The average molecular weight is 369 g/mol. The number of aryl methyl sites for hydroxylation is 4. The standard InChI is InChI=1S/C23H22Cl2/c1-12-5-7-14(3)20-18(12)10-16(22(20)24)9-17-11-19-13(2)6-8-15(4)21(19)23(17)25/h5-8,10-11,22-23H,9H2,1-4H3. The van der Waals surface area contributed by atoms with Crippen LogP contribution in [0.25, 0.3) is 12.2 Å². The third-order valence-corrected chi connectivity index (χ3v) is 6.67. The molecule has 0 N–H and O–H groups in total. The fourth-order valence-corrected chi connectivity index (χ4v) is 5.03. The Hall–Kier alpha value is -1.50. The largest absolute Gasteiger partial charge is 0.113 e. The molecule has 0 fully saturated rings. The van der Waals surface area contributed by atoms with Gasteiger partial charge in [-0.05, 0) is 89.8 Å². The van der Waals surface area contributed by atoms with E-state index in [0.717, 1.165) is 6.42 Å². The highest BCUT2D eigenvalue weighted by molar-refractivity contribution is 6.25. The lowest BCUT2D eigenvalue weighted by molar-refractivity contribution is 0.966. The highest BCUT2D eigenvalue weighted by atomic mass is 35.5. The molecule has 128 valence electrons. The van der Waals surface area contributed by atoms with E-state index in [0.29, 0.717) is 0 Å². The predicted octanol–water partition coefficient (Wildman–Crippen LogP) is 7.36. The number of rotatable bonds is 2. The number of alkyl halides is 2. The first kappa shape index (κ1) is 16.9. The molecule has 0 nitrogen and oxygen atoms in total. The first-order chi connectivity index (χ1) is 11.9. The van der Waals surface area contributed by atoms with Crippen molar-refractivity contribution in [3.8, 4) is 0 Å². The molecule has 25 heavy (non-hydrogen) atoms. The van der Waals surface area contributed by atoms with Gasteiger partial charge in [0.15, 0.2) is 0 Å². The Morgan fingerprint density at radius 1 is 0.640 bits per heavy atom. The second kappa shape index (κ2) is 6.04. The second-order valence-corrected chi connectivity index (χ2v) is 8.27. The molecule has 0 bridgehead atoms. The maximum absolute atomic E-state index is 6.85. The van der Waals surface area contributed by atoms with Crippen molar-refractivity contribution < 1.29 is 0 Å². The highest BCUT2D eigenvalue weighted by Gasteiger charge is 2.31. The van der Waals surface area contributed by atoms with Gasteiger partial charge in [-0.25, -0.2) is 0 Å². The zero-order valence-corrected chi connectivity index (χ0v) is 16.6. The molecule has 0 aliphatic heterocycles. The Balaban J connectivity index is 1.69. The third-order valence-electron chi connectivity index (χ3n) is 5.67. The Labute approximate surface area is 160 Å². The first-order valence-corrected chi connectivity index (χ1v) is 9.65. The first-order valence-electron chi connectivity index (χ1n) is 8.77. The minimum absolute atomic E-state index is 0.0504. The maximum atomic E-state index is 6.85. The van der Waals surface area contributed by atoms with Gasteiger partial charge in [-0.1, -0.05) is 36.4 Å². The van der Waals surface area contributed by atoms with Gasteiger partial charge < -0.3 is 0 Å². The number of benzene rings is 2. The van der Waals surface area contributed by atoms with E-state index in [1.807, 2.05) is 0 Å². The fourth-order valence-electron chi connectivity index (χ4n) is 4.17. The molecule has 0 radical (unpaired) electrons. The summed E-state index contributed by atoms with van der Waals surface area (Å²) in [6.07, 6.45) is 5.40. The van der Waals surface area contributed by atoms with Crippen molar-refractivity contribution in [3.05, 3.63) is 79.9 Å². The van der Waals surface area contributed by atoms with E-state index in [-0.39, 0.29) is 10.8 Å². The molecule has 2 aromatic rings. The van der Waals surface area contributed by atoms with E-state index in [4.69, 9.17) is 23.2 Å². The van der Waals surface area contributed by atoms with Gasteiger partial charge in [0, 0.05) is 0 Å². The van der Waals surface area contributed by atoms with Crippen LogP contribution in [0.2, 0.25) is 0 Å². The smallest absolute Gasteiger partial charge is 0.0810 e. The SMILES string of the molecule is Cc1ccc(C)c2c1C=C(CC1=Cc3c(C)ccc(C)c3C1Cl)C2Cl. The Bertz CT molecular complexity index is 870. The van der Waals surface area contributed by atoms with Gasteiger partial charge in [0.25, 0.3) is 0 Å². The lowest BCUT2D eigenvalue weighted by Gasteiger charge is -2.16. The van der Waals surface area contributed by atoms with Crippen LogP contribution in [0.3, 0.4) is 0 Å². The number of hydrogen-bond donors (Lipinski definition) is 0. The Morgan fingerprint density at radius 3 is 1.36 bits per heavy atom. The summed E-state index contributed by atoms with van der Waals surface area (Å²) in [6, 6.07) is 8.70. The molecule has 2 atom stereocenters. The molecule has 0 amide bonds. The summed E-state index contributed by atoms with van der Waals surface area (Å²) < 4.78 is 0. The molecule has 2 aromatic carbocycles. The van der Waals surface area contributed by atoms with Gasteiger partial charge in [-0.15, -0.1) is 23.2 Å². The van der Waals surface area contributed by atoms with Crippen molar-refractivity contribution in [1.29, 1.82) is 0 Å². The summed E-state index contributed by atoms with van der Waals surface area (Å²) in [5.74, 6) is 0. The zero-order valence-electron chi connectivity index (χ0n) is 15.1. The lowest BCUT2D eigenvalue weighted by Crippen LogP contribution is -1.99. The van der Waals surface area contributed by atoms with Gasteiger partial charge >= 0.3 is 0 Å². The van der Waals surface area contributed by atoms with Crippen LogP contribution >= 0.6 is 23.2 Å². The number of halogens is 2. The number of hydrogen-bond acceptors (Lipinski definition) is 0. The quantitative estimate of drug-likeness (QED) is 0.485. The summed E-state index contributed by atoms with van der Waals surface area (Å²) >= 11 is 13.7. The Kier molecular flexibility index (Phi) is 4.09. The van der Waals surface area contributed by atoms with Crippen LogP contribution < -0.4 is 0 Å². The normalized spacial score (nSPS) is 21.0. The summed E-state index contributed by atoms with van der Waals surface area (Å²) in [6.45, 7) is 8.60. The lowest BCUT2D eigenvalue weighted by atomic mass is 9.96. The van der Waals surface area contributed by atoms with E-state index in [2.05, 4.69) is 64.1 Å². The van der Waals surface area contributed by atoms with Crippen molar-refractivity contribution in [2.45, 2.75) is 44.9 Å². The van der Waals surface area contributed by atoms with E-state index >= 15 is 0 Å². The van der Waals surface area contributed by atoms with Gasteiger partial charge in [-0.3, -0.25) is 0 Å². The summed E-state index contributed by atoms with van der Waals surface area (Å²) in [7, 11) is 0. The summed E-state index contributed by atoms with van der Waals surface area (Å²) in [5.41, 5.74) is 12.8. The van der Waals surface area contributed by atoms with Crippen LogP contribution in [0.4, 0.5) is 0 Å². The average Bonchev–Trinajstić information content (AvgIpc) is 3.08. The van der Waals surface area contributed by atoms with Crippen molar-refractivity contribution in [3.63, 3.8) is 0 Å². The molecular weight excluding hydrogens is 347 g/mol. The number of fused-ring (bicyclic) bond motifs is 2. The molecule has 0 aromatic heterocycles. The predicted molar refractivity (Wildman–Crippen MR) is 110 cm³/mol. The molecule has 0 heterocycles. The minimum Gasteiger partial charge on any atom is -0.113 e. The topological polar surface area (TPSA) is 0 Å². The number of allylic oxidation sites excluding steroid dienone is 2.